The second-order valence-corrected chi connectivity index (χ2v) is 5.30. The van der Waals surface area contributed by atoms with Crippen LogP contribution in [0.15, 0.2) is 18.2 Å². The van der Waals surface area contributed by atoms with Crippen LogP contribution in [-0.4, -0.2) is 0 Å². The zero-order valence-electron chi connectivity index (χ0n) is 9.10. The van der Waals surface area contributed by atoms with Crippen LogP contribution in [0.3, 0.4) is 0 Å². The van der Waals surface area contributed by atoms with Crippen LogP contribution < -0.4 is 0 Å². The molecule has 0 nitrogen and oxygen atoms in total. The van der Waals surface area contributed by atoms with Crippen LogP contribution in [0.5, 0.6) is 0 Å². The van der Waals surface area contributed by atoms with Gasteiger partial charge in [-0.1, -0.05) is 26.8 Å². The molecule has 0 aliphatic heterocycles. The smallest absolute Gasteiger partial charge is 0.123 e. The molecule has 0 heterocycles. The van der Waals surface area contributed by atoms with E-state index in [0.29, 0.717) is 5.92 Å². The van der Waals surface area contributed by atoms with Crippen LogP contribution in [-0.2, 0) is 5.41 Å². The van der Waals surface area contributed by atoms with Crippen molar-refractivity contribution >= 4 is 0 Å². The SMILES string of the molecule is CC(C)(C)c1cc(F)cc(C2CC2)c1. The van der Waals surface area contributed by atoms with Crippen molar-refractivity contribution in [3.8, 4) is 0 Å². The fourth-order valence-corrected chi connectivity index (χ4v) is 1.70. The topological polar surface area (TPSA) is 0 Å². The third-order valence-corrected chi connectivity index (χ3v) is 2.83. The highest BCUT2D eigenvalue weighted by Crippen LogP contribution is 2.41. The molecule has 1 aromatic rings. The van der Waals surface area contributed by atoms with Crippen molar-refractivity contribution in [2.75, 3.05) is 0 Å². The van der Waals surface area contributed by atoms with Crippen molar-refractivity contribution in [2.24, 2.45) is 0 Å². The van der Waals surface area contributed by atoms with Gasteiger partial charge in [-0.05, 0) is 47.4 Å². The lowest BCUT2D eigenvalue weighted by molar-refractivity contribution is 0.570. The molecule has 1 heteroatoms. The Bertz CT molecular complexity index is 343. The monoisotopic (exact) mass is 192 g/mol. The zero-order chi connectivity index (χ0) is 10.3. The Morgan fingerprint density at radius 3 is 2.29 bits per heavy atom. The molecule has 1 fully saturated rings. The lowest BCUT2D eigenvalue weighted by atomic mass is 9.85. The van der Waals surface area contributed by atoms with Gasteiger partial charge in [0.1, 0.15) is 5.82 Å². The lowest BCUT2D eigenvalue weighted by Gasteiger charge is -2.20. The van der Waals surface area contributed by atoms with Crippen LogP contribution in [0.25, 0.3) is 0 Å². The summed E-state index contributed by atoms with van der Waals surface area (Å²) in [5.41, 5.74) is 2.35. The minimum Gasteiger partial charge on any atom is -0.207 e. The third-order valence-electron chi connectivity index (χ3n) is 2.83. The normalized spacial score (nSPS) is 17.1. The Morgan fingerprint density at radius 1 is 1.14 bits per heavy atom. The first-order valence-corrected chi connectivity index (χ1v) is 5.28. The first kappa shape index (κ1) is 9.70. The predicted octanol–water partition coefficient (Wildman–Crippen LogP) is 4.00. The Hall–Kier alpha value is -0.850. The van der Waals surface area contributed by atoms with E-state index in [0.717, 1.165) is 5.56 Å². The highest BCUT2D eigenvalue weighted by Gasteiger charge is 2.25. The molecule has 2 rings (SSSR count). The number of hydrogen-bond donors (Lipinski definition) is 0. The maximum Gasteiger partial charge on any atom is 0.123 e. The summed E-state index contributed by atoms with van der Waals surface area (Å²) in [6, 6.07) is 5.51. The van der Waals surface area contributed by atoms with Gasteiger partial charge in [0.2, 0.25) is 0 Å². The van der Waals surface area contributed by atoms with Crippen LogP contribution in [0.2, 0.25) is 0 Å². The summed E-state index contributed by atoms with van der Waals surface area (Å²) < 4.78 is 13.3. The van der Waals surface area contributed by atoms with Crippen LogP contribution in [0.1, 0.15) is 50.7 Å². The Kier molecular flexibility index (Phi) is 2.13. The highest BCUT2D eigenvalue weighted by molar-refractivity contribution is 5.33. The first-order valence-electron chi connectivity index (χ1n) is 5.28. The van der Waals surface area contributed by atoms with Crippen molar-refractivity contribution in [1.29, 1.82) is 0 Å². The van der Waals surface area contributed by atoms with Gasteiger partial charge in [-0.3, -0.25) is 0 Å². The molecule has 0 bridgehead atoms. The van der Waals surface area contributed by atoms with Crippen molar-refractivity contribution in [2.45, 2.75) is 44.9 Å². The molecule has 0 unspecified atom stereocenters. The number of benzene rings is 1. The minimum absolute atomic E-state index is 0.0474. The van der Waals surface area contributed by atoms with E-state index in [9.17, 15) is 4.39 Å². The van der Waals surface area contributed by atoms with Gasteiger partial charge >= 0.3 is 0 Å². The zero-order valence-corrected chi connectivity index (χ0v) is 9.10. The van der Waals surface area contributed by atoms with Crippen molar-refractivity contribution in [3.05, 3.63) is 35.1 Å². The fraction of sp³-hybridized carbons (Fsp3) is 0.538. The number of hydrogen-bond acceptors (Lipinski definition) is 0. The molecule has 1 aliphatic rings. The van der Waals surface area contributed by atoms with Gasteiger partial charge in [-0.2, -0.15) is 0 Å². The Labute approximate surface area is 85.1 Å². The van der Waals surface area contributed by atoms with Gasteiger partial charge in [0.25, 0.3) is 0 Å². The van der Waals surface area contributed by atoms with E-state index in [1.807, 2.05) is 0 Å². The third kappa shape index (κ3) is 1.97. The second-order valence-electron chi connectivity index (χ2n) is 5.30. The van der Waals surface area contributed by atoms with E-state index in [1.165, 1.54) is 18.4 Å². The molecule has 1 aromatic carbocycles. The summed E-state index contributed by atoms with van der Waals surface area (Å²) in [6.07, 6.45) is 2.46. The van der Waals surface area contributed by atoms with Gasteiger partial charge in [-0.15, -0.1) is 0 Å². The van der Waals surface area contributed by atoms with Gasteiger partial charge in [0.15, 0.2) is 0 Å². The minimum atomic E-state index is -0.0840. The Morgan fingerprint density at radius 2 is 1.79 bits per heavy atom. The van der Waals surface area contributed by atoms with E-state index in [1.54, 1.807) is 12.1 Å². The summed E-state index contributed by atoms with van der Waals surface area (Å²) >= 11 is 0. The van der Waals surface area contributed by atoms with E-state index >= 15 is 0 Å². The van der Waals surface area contributed by atoms with Crippen LogP contribution in [0.4, 0.5) is 4.39 Å². The predicted molar refractivity (Wildman–Crippen MR) is 57.1 cm³/mol. The van der Waals surface area contributed by atoms with E-state index in [2.05, 4.69) is 26.8 Å². The number of rotatable bonds is 1. The van der Waals surface area contributed by atoms with E-state index in [-0.39, 0.29) is 11.2 Å². The van der Waals surface area contributed by atoms with Crippen LogP contribution in [0, 0.1) is 5.82 Å². The van der Waals surface area contributed by atoms with Crippen molar-refractivity contribution in [1.82, 2.24) is 0 Å². The summed E-state index contributed by atoms with van der Waals surface area (Å²) in [5.74, 6) is 0.547. The molecule has 1 saturated carbocycles. The standard InChI is InChI=1S/C13H17F/c1-13(2,3)11-6-10(9-4-5-9)7-12(14)8-11/h6-9H,4-5H2,1-3H3. The molecular formula is C13H17F. The van der Waals surface area contributed by atoms with E-state index in [4.69, 9.17) is 0 Å². The maximum absolute atomic E-state index is 13.3. The van der Waals surface area contributed by atoms with Gasteiger partial charge < -0.3 is 0 Å². The maximum atomic E-state index is 13.3. The summed E-state index contributed by atoms with van der Waals surface area (Å²) in [5, 5.41) is 0. The largest absolute Gasteiger partial charge is 0.207 e. The van der Waals surface area contributed by atoms with Gasteiger partial charge in [-0.25, -0.2) is 4.39 Å². The molecule has 0 spiro atoms. The summed E-state index contributed by atoms with van der Waals surface area (Å²) in [6.45, 7) is 6.37. The molecule has 0 atom stereocenters. The molecule has 76 valence electrons. The van der Waals surface area contributed by atoms with Gasteiger partial charge in [0, 0.05) is 0 Å². The van der Waals surface area contributed by atoms with Crippen molar-refractivity contribution in [3.63, 3.8) is 0 Å². The van der Waals surface area contributed by atoms with Crippen molar-refractivity contribution < 1.29 is 4.39 Å². The molecule has 0 radical (unpaired) electrons. The first-order chi connectivity index (χ1) is 6.47. The molecule has 14 heavy (non-hydrogen) atoms. The Balaban J connectivity index is 2.41. The van der Waals surface area contributed by atoms with E-state index < -0.39 is 0 Å². The average molecular weight is 192 g/mol. The molecule has 0 amide bonds. The fourth-order valence-electron chi connectivity index (χ4n) is 1.70. The summed E-state index contributed by atoms with van der Waals surface area (Å²) in [4.78, 5) is 0. The quantitative estimate of drug-likeness (QED) is 0.631. The molecule has 0 aromatic heterocycles. The highest BCUT2D eigenvalue weighted by atomic mass is 19.1. The molecule has 0 N–H and O–H groups in total. The second kappa shape index (κ2) is 3.08. The van der Waals surface area contributed by atoms with Crippen LogP contribution >= 0.6 is 0 Å². The molecular weight excluding hydrogens is 175 g/mol. The summed E-state index contributed by atoms with van der Waals surface area (Å²) in [7, 11) is 0. The molecule has 1 aliphatic carbocycles. The lowest BCUT2D eigenvalue weighted by Crippen LogP contribution is -2.11. The number of halogens is 1. The molecule has 0 saturated heterocycles. The average Bonchev–Trinajstić information content (AvgIpc) is 2.83. The van der Waals surface area contributed by atoms with Gasteiger partial charge in [0.05, 0.1) is 0 Å².